The summed E-state index contributed by atoms with van der Waals surface area (Å²) in [5.41, 5.74) is 0.534. The van der Waals surface area contributed by atoms with Crippen LogP contribution in [0.4, 0.5) is 9.18 Å². The van der Waals surface area contributed by atoms with Gasteiger partial charge >= 0.3 is 18.0 Å². The van der Waals surface area contributed by atoms with Gasteiger partial charge in [-0.25, -0.2) is 14.0 Å². The maximum Gasteiger partial charge on any atom is 0.338 e. The number of halogens is 1. The molecule has 0 radical (unpaired) electrons. The lowest BCUT2D eigenvalue weighted by Crippen LogP contribution is -2.50. The lowest BCUT2D eigenvalue weighted by molar-refractivity contribution is -0.143. The topological polar surface area (TPSA) is 93.7 Å². The second-order valence-corrected chi connectivity index (χ2v) is 5.36. The molecule has 1 aromatic carbocycles. The zero-order valence-corrected chi connectivity index (χ0v) is 13.9. The van der Waals surface area contributed by atoms with Crippen LogP contribution in [0.1, 0.15) is 19.4 Å². The van der Waals surface area contributed by atoms with Crippen LogP contribution in [0.15, 0.2) is 35.5 Å². The van der Waals surface area contributed by atoms with Crippen molar-refractivity contribution in [3.05, 3.63) is 46.9 Å². The first-order valence-electron chi connectivity index (χ1n) is 7.79. The minimum absolute atomic E-state index is 0.150. The van der Waals surface area contributed by atoms with Crippen LogP contribution in [0.2, 0.25) is 0 Å². The summed E-state index contributed by atoms with van der Waals surface area (Å²) in [4.78, 5) is 35.6. The molecule has 134 valence electrons. The van der Waals surface area contributed by atoms with Crippen molar-refractivity contribution in [2.45, 2.75) is 26.3 Å². The van der Waals surface area contributed by atoms with E-state index in [2.05, 4.69) is 10.6 Å². The second-order valence-electron chi connectivity index (χ2n) is 5.36. The predicted octanol–water partition coefficient (Wildman–Crippen LogP) is 1.43. The van der Waals surface area contributed by atoms with Gasteiger partial charge in [0.05, 0.1) is 30.3 Å². The van der Waals surface area contributed by atoms with Crippen molar-refractivity contribution >= 4 is 18.0 Å². The monoisotopic (exact) mass is 350 g/mol. The Hall–Kier alpha value is -2.90. The number of rotatable bonds is 6. The molecule has 0 spiro atoms. The molecule has 1 aromatic rings. The van der Waals surface area contributed by atoms with Gasteiger partial charge in [0.1, 0.15) is 12.4 Å². The SMILES string of the molecule is CCOC(=O)C1=C(COC(=O)Cc2ccccc2F)NC(=O)N[C@H]1C. The Morgan fingerprint density at radius 2 is 1.96 bits per heavy atom. The summed E-state index contributed by atoms with van der Waals surface area (Å²) in [6.07, 6.45) is -0.254. The summed E-state index contributed by atoms with van der Waals surface area (Å²) in [6.45, 7) is 3.13. The van der Waals surface area contributed by atoms with Gasteiger partial charge in [0.15, 0.2) is 0 Å². The molecule has 0 aliphatic carbocycles. The van der Waals surface area contributed by atoms with Crippen LogP contribution in [0, 0.1) is 5.82 Å². The second kappa shape index (κ2) is 8.27. The van der Waals surface area contributed by atoms with Gasteiger partial charge in [0.2, 0.25) is 0 Å². The van der Waals surface area contributed by atoms with Gasteiger partial charge in [-0.2, -0.15) is 0 Å². The number of ether oxygens (including phenoxy) is 2. The first-order valence-corrected chi connectivity index (χ1v) is 7.79. The standard InChI is InChI=1S/C17H19FN2O5/c1-3-24-16(22)15-10(2)19-17(23)20-13(15)9-25-14(21)8-11-6-4-5-7-12(11)18/h4-7,10H,3,8-9H2,1-2H3,(H2,19,20,23)/t10-/m0/s1. The first-order chi connectivity index (χ1) is 11.9. The number of nitrogens with one attached hydrogen (secondary N) is 2. The molecule has 0 saturated heterocycles. The summed E-state index contributed by atoms with van der Waals surface area (Å²) in [7, 11) is 0. The summed E-state index contributed by atoms with van der Waals surface area (Å²) in [5, 5.41) is 4.98. The fourth-order valence-corrected chi connectivity index (χ4v) is 2.39. The van der Waals surface area contributed by atoms with Crippen molar-refractivity contribution in [1.29, 1.82) is 0 Å². The molecule has 0 saturated carbocycles. The van der Waals surface area contributed by atoms with Gasteiger partial charge in [0.25, 0.3) is 0 Å². The van der Waals surface area contributed by atoms with Gasteiger partial charge in [-0.3, -0.25) is 4.79 Å². The Bertz CT molecular complexity index is 717. The number of benzene rings is 1. The molecule has 2 rings (SSSR count). The van der Waals surface area contributed by atoms with Crippen molar-refractivity contribution < 1.29 is 28.2 Å². The maximum absolute atomic E-state index is 13.6. The Labute approximate surface area is 144 Å². The molecule has 0 unspecified atom stereocenters. The Morgan fingerprint density at radius 3 is 2.64 bits per heavy atom. The van der Waals surface area contributed by atoms with Crippen LogP contribution < -0.4 is 10.6 Å². The molecule has 0 fully saturated rings. The number of urea groups is 1. The molecule has 7 nitrogen and oxygen atoms in total. The third-order valence-corrected chi connectivity index (χ3v) is 3.54. The predicted molar refractivity (Wildman–Crippen MR) is 85.9 cm³/mol. The molecule has 2 amide bonds. The maximum atomic E-state index is 13.6. The Kier molecular flexibility index (Phi) is 6.10. The Balaban J connectivity index is 2.08. The number of amides is 2. The molecular weight excluding hydrogens is 331 g/mol. The molecule has 2 N–H and O–H groups in total. The summed E-state index contributed by atoms with van der Waals surface area (Å²) in [5.74, 6) is -1.79. The third kappa shape index (κ3) is 4.79. The lowest BCUT2D eigenvalue weighted by atomic mass is 10.0. The minimum atomic E-state index is -0.679. The van der Waals surface area contributed by atoms with Crippen LogP contribution in [-0.4, -0.2) is 37.2 Å². The minimum Gasteiger partial charge on any atom is -0.463 e. The highest BCUT2D eigenvalue weighted by Crippen LogP contribution is 2.15. The highest BCUT2D eigenvalue weighted by molar-refractivity contribution is 5.94. The third-order valence-electron chi connectivity index (χ3n) is 3.54. The van der Waals surface area contributed by atoms with E-state index in [9.17, 15) is 18.8 Å². The highest BCUT2D eigenvalue weighted by Gasteiger charge is 2.30. The van der Waals surface area contributed by atoms with Gasteiger partial charge in [0, 0.05) is 0 Å². The quantitative estimate of drug-likeness (QED) is 0.757. The van der Waals surface area contributed by atoms with Gasteiger partial charge in [-0.1, -0.05) is 18.2 Å². The number of hydrogen-bond donors (Lipinski definition) is 2. The average Bonchev–Trinajstić information content (AvgIpc) is 2.54. The van der Waals surface area contributed by atoms with Crippen LogP contribution in [0.5, 0.6) is 0 Å². The average molecular weight is 350 g/mol. The van der Waals surface area contributed by atoms with Crippen LogP contribution in [-0.2, 0) is 25.5 Å². The smallest absolute Gasteiger partial charge is 0.338 e. The van der Waals surface area contributed by atoms with Gasteiger partial charge in [-0.05, 0) is 25.5 Å². The van der Waals surface area contributed by atoms with E-state index in [1.165, 1.54) is 18.2 Å². The fraction of sp³-hybridized carbons (Fsp3) is 0.353. The number of carbonyl (C=O) groups excluding carboxylic acids is 3. The number of esters is 2. The van der Waals surface area contributed by atoms with Crippen LogP contribution in [0.25, 0.3) is 0 Å². The van der Waals surface area contributed by atoms with E-state index in [4.69, 9.17) is 9.47 Å². The normalized spacial score (nSPS) is 16.8. The van der Waals surface area contributed by atoms with Crippen LogP contribution in [0.3, 0.4) is 0 Å². The molecular formula is C17H19FN2O5. The van der Waals surface area contributed by atoms with E-state index in [0.717, 1.165) is 0 Å². The van der Waals surface area contributed by atoms with E-state index in [-0.39, 0.29) is 36.5 Å². The summed E-state index contributed by atoms with van der Waals surface area (Å²) in [6, 6.07) is 4.76. The number of hydrogen-bond acceptors (Lipinski definition) is 5. The molecule has 0 aromatic heterocycles. The molecule has 0 bridgehead atoms. The van der Waals surface area contributed by atoms with E-state index in [1.54, 1.807) is 19.9 Å². The molecule has 1 aliphatic heterocycles. The van der Waals surface area contributed by atoms with Crippen molar-refractivity contribution in [3.63, 3.8) is 0 Å². The summed E-state index contributed by atoms with van der Waals surface area (Å²) >= 11 is 0. The zero-order chi connectivity index (χ0) is 18.4. The van der Waals surface area contributed by atoms with Crippen LogP contribution >= 0.6 is 0 Å². The zero-order valence-electron chi connectivity index (χ0n) is 13.9. The largest absolute Gasteiger partial charge is 0.463 e. The van der Waals surface area contributed by atoms with Crippen molar-refractivity contribution in [1.82, 2.24) is 10.6 Å². The van der Waals surface area contributed by atoms with E-state index >= 15 is 0 Å². The lowest BCUT2D eigenvalue weighted by Gasteiger charge is -2.26. The molecule has 25 heavy (non-hydrogen) atoms. The number of carbonyl (C=O) groups is 3. The van der Waals surface area contributed by atoms with Crippen molar-refractivity contribution in [3.8, 4) is 0 Å². The summed E-state index contributed by atoms with van der Waals surface area (Å²) < 4.78 is 23.6. The van der Waals surface area contributed by atoms with Gasteiger partial charge in [-0.15, -0.1) is 0 Å². The molecule has 1 heterocycles. The fourth-order valence-electron chi connectivity index (χ4n) is 2.39. The Morgan fingerprint density at radius 1 is 1.24 bits per heavy atom. The van der Waals surface area contributed by atoms with Gasteiger partial charge < -0.3 is 20.1 Å². The molecule has 1 atom stereocenters. The van der Waals surface area contributed by atoms with E-state index in [1.807, 2.05) is 0 Å². The highest BCUT2D eigenvalue weighted by atomic mass is 19.1. The molecule has 8 heteroatoms. The van der Waals surface area contributed by atoms with E-state index in [0.29, 0.717) is 0 Å². The van der Waals surface area contributed by atoms with Crippen molar-refractivity contribution in [2.24, 2.45) is 0 Å². The van der Waals surface area contributed by atoms with Crippen molar-refractivity contribution in [2.75, 3.05) is 13.2 Å². The first kappa shape index (κ1) is 18.4. The molecule has 1 aliphatic rings. The van der Waals surface area contributed by atoms with E-state index < -0.39 is 29.8 Å².